The van der Waals surface area contributed by atoms with Gasteiger partial charge in [0, 0.05) is 29.3 Å². The lowest BCUT2D eigenvalue weighted by atomic mass is 10.1. The van der Waals surface area contributed by atoms with Crippen LogP contribution in [0.3, 0.4) is 0 Å². The van der Waals surface area contributed by atoms with Crippen molar-refractivity contribution in [2.24, 2.45) is 0 Å². The van der Waals surface area contributed by atoms with E-state index >= 15 is 0 Å². The molecule has 1 aliphatic heterocycles. The third-order valence-electron chi connectivity index (χ3n) is 5.39. The summed E-state index contributed by atoms with van der Waals surface area (Å²) in [6.45, 7) is 4.04. The fourth-order valence-corrected chi connectivity index (χ4v) is 3.73. The summed E-state index contributed by atoms with van der Waals surface area (Å²) in [6.07, 6.45) is -2.17. The van der Waals surface area contributed by atoms with Crippen LogP contribution in [0, 0.1) is 12.3 Å². The molecule has 2 heterocycles. The lowest BCUT2D eigenvalue weighted by Gasteiger charge is -2.17. The summed E-state index contributed by atoms with van der Waals surface area (Å²) >= 11 is 0. The highest BCUT2D eigenvalue weighted by Gasteiger charge is 2.30. The number of halogens is 3. The molecule has 0 atom stereocenters. The lowest BCUT2D eigenvalue weighted by Crippen LogP contribution is -2.23. The maximum absolute atomic E-state index is 13.2. The van der Waals surface area contributed by atoms with E-state index < -0.39 is 23.3 Å². The molecule has 2 aromatic carbocycles. The fraction of sp³-hybridized carbons (Fsp3) is 0.200. The number of nitrogens with one attached hydrogen (secondary N) is 2. The number of anilines is 2. The molecule has 11 heteroatoms. The Hall–Kier alpha value is -4.41. The third kappa shape index (κ3) is 5.29. The van der Waals surface area contributed by atoms with E-state index in [1.165, 1.54) is 47.0 Å². The van der Waals surface area contributed by atoms with E-state index in [0.717, 1.165) is 17.7 Å². The summed E-state index contributed by atoms with van der Waals surface area (Å²) in [5.41, 5.74) is 0.869. The summed E-state index contributed by atoms with van der Waals surface area (Å²) < 4.78 is 45.9. The van der Waals surface area contributed by atoms with E-state index in [2.05, 4.69) is 10.4 Å². The van der Waals surface area contributed by atoms with Gasteiger partial charge < -0.3 is 15.5 Å². The number of allylic oxidation sites excluding steroid dienone is 1. The van der Waals surface area contributed by atoms with Gasteiger partial charge in [-0.2, -0.15) is 18.3 Å². The minimum absolute atomic E-state index is 0.0686. The number of ether oxygens (including phenoxy) is 1. The van der Waals surface area contributed by atoms with Crippen LogP contribution in [0.15, 0.2) is 65.6 Å². The van der Waals surface area contributed by atoms with Crippen molar-refractivity contribution in [1.29, 1.82) is 5.41 Å². The van der Waals surface area contributed by atoms with Crippen LogP contribution >= 0.6 is 0 Å². The molecule has 186 valence electrons. The molecule has 2 N–H and O–H groups in total. The van der Waals surface area contributed by atoms with Gasteiger partial charge in [-0.3, -0.25) is 9.69 Å². The van der Waals surface area contributed by atoms with Gasteiger partial charge in [0.2, 0.25) is 5.43 Å². The van der Waals surface area contributed by atoms with Crippen LogP contribution in [0.4, 0.5) is 29.3 Å². The summed E-state index contributed by atoms with van der Waals surface area (Å²) in [6, 6.07) is 11.1. The first-order valence-electron chi connectivity index (χ1n) is 10.9. The monoisotopic (exact) mass is 497 g/mol. The van der Waals surface area contributed by atoms with Crippen molar-refractivity contribution >= 4 is 28.9 Å². The lowest BCUT2D eigenvalue weighted by molar-refractivity contribution is -0.137. The normalized spacial score (nSPS) is 14.1. The molecule has 1 saturated heterocycles. The first-order valence-corrected chi connectivity index (χ1v) is 10.9. The van der Waals surface area contributed by atoms with E-state index in [0.29, 0.717) is 24.5 Å². The molecule has 0 saturated carbocycles. The van der Waals surface area contributed by atoms with E-state index in [-0.39, 0.29) is 22.8 Å². The molecule has 1 aliphatic rings. The van der Waals surface area contributed by atoms with Gasteiger partial charge in [0.1, 0.15) is 6.61 Å². The zero-order chi connectivity index (χ0) is 26.0. The quantitative estimate of drug-likeness (QED) is 0.467. The van der Waals surface area contributed by atoms with Gasteiger partial charge in [-0.05, 0) is 61.9 Å². The van der Waals surface area contributed by atoms with Crippen molar-refractivity contribution in [1.82, 2.24) is 9.78 Å². The van der Waals surface area contributed by atoms with Crippen LogP contribution in [-0.4, -0.2) is 34.7 Å². The molecule has 0 aliphatic carbocycles. The molecule has 1 amide bonds. The highest BCUT2D eigenvalue weighted by Crippen LogP contribution is 2.31. The van der Waals surface area contributed by atoms with Crippen molar-refractivity contribution in [2.45, 2.75) is 20.0 Å². The van der Waals surface area contributed by atoms with E-state index in [1.54, 1.807) is 18.2 Å². The zero-order valence-corrected chi connectivity index (χ0v) is 19.4. The van der Waals surface area contributed by atoms with Crippen LogP contribution in [0.5, 0.6) is 0 Å². The van der Waals surface area contributed by atoms with Gasteiger partial charge in [0.15, 0.2) is 5.69 Å². The molecule has 1 fully saturated rings. The Bertz CT molecular complexity index is 1430. The van der Waals surface area contributed by atoms with Crippen LogP contribution in [-0.2, 0) is 10.9 Å². The van der Waals surface area contributed by atoms with Crippen LogP contribution in [0.2, 0.25) is 0 Å². The third-order valence-corrected chi connectivity index (χ3v) is 5.39. The van der Waals surface area contributed by atoms with E-state index in [1.807, 2.05) is 6.92 Å². The largest absolute Gasteiger partial charge is 0.447 e. The topological polar surface area (TPSA) is 100 Å². The van der Waals surface area contributed by atoms with Crippen molar-refractivity contribution in [3.8, 4) is 5.69 Å². The van der Waals surface area contributed by atoms with E-state index in [9.17, 15) is 22.8 Å². The number of aromatic nitrogens is 2. The zero-order valence-electron chi connectivity index (χ0n) is 19.4. The van der Waals surface area contributed by atoms with Crippen molar-refractivity contribution in [3.63, 3.8) is 0 Å². The number of aryl methyl sites for hydroxylation is 1. The minimum atomic E-state index is -4.54. The number of benzene rings is 2. The SMILES string of the molecule is CC(=N)/C=C(\Nc1cccc(C(F)(F)F)c1)c1nn(-c2ccc(N3CCOC3=O)cc2C)ccc1=O. The Kier molecular flexibility index (Phi) is 6.65. The Morgan fingerprint density at radius 1 is 1.17 bits per heavy atom. The molecule has 36 heavy (non-hydrogen) atoms. The molecule has 0 bridgehead atoms. The van der Waals surface area contributed by atoms with Crippen LogP contribution in [0.25, 0.3) is 11.4 Å². The number of carbonyl (C=O) groups excluding carboxylic acids is 1. The fourth-order valence-electron chi connectivity index (χ4n) is 3.73. The molecule has 0 spiro atoms. The van der Waals surface area contributed by atoms with Gasteiger partial charge in [-0.1, -0.05) is 6.07 Å². The standard InChI is InChI=1S/C25H22F3N5O3/c1-15-12-19(32-10-11-36-24(32)35)6-7-21(15)33-9-8-22(34)23(31-33)20(13-16(2)29)30-18-5-3-4-17(14-18)25(26,27)28/h3-9,12-14,29-30H,10-11H2,1-2H3/b20-13-,29-16?. The van der Waals surface area contributed by atoms with Crippen LogP contribution < -0.4 is 15.6 Å². The first-order chi connectivity index (χ1) is 17.0. The van der Waals surface area contributed by atoms with Gasteiger partial charge >= 0.3 is 12.3 Å². The van der Waals surface area contributed by atoms with Crippen molar-refractivity contribution < 1.29 is 22.7 Å². The second kappa shape index (κ2) is 9.68. The average Bonchev–Trinajstić information content (AvgIpc) is 3.24. The molecule has 0 radical (unpaired) electrons. The smallest absolute Gasteiger partial charge is 0.416 e. The first kappa shape index (κ1) is 24.7. The Morgan fingerprint density at radius 2 is 1.94 bits per heavy atom. The van der Waals surface area contributed by atoms with Gasteiger partial charge in [-0.15, -0.1) is 0 Å². The number of carbonyl (C=O) groups is 1. The van der Waals surface area contributed by atoms with Gasteiger partial charge in [-0.25, -0.2) is 9.48 Å². The predicted molar refractivity (Wildman–Crippen MR) is 130 cm³/mol. The average molecular weight is 497 g/mol. The van der Waals surface area contributed by atoms with Gasteiger partial charge in [0.05, 0.1) is 23.5 Å². The summed E-state index contributed by atoms with van der Waals surface area (Å²) in [5, 5.41) is 15.1. The number of alkyl halides is 3. The number of nitrogens with zero attached hydrogens (tertiary/aromatic N) is 3. The molecule has 8 nitrogen and oxygen atoms in total. The maximum atomic E-state index is 13.2. The maximum Gasteiger partial charge on any atom is 0.416 e. The molecular formula is C25H22F3N5O3. The summed E-state index contributed by atoms with van der Waals surface area (Å²) in [5.74, 6) is 0. The summed E-state index contributed by atoms with van der Waals surface area (Å²) in [7, 11) is 0. The van der Waals surface area contributed by atoms with E-state index in [4.69, 9.17) is 10.1 Å². The molecule has 3 aromatic rings. The summed E-state index contributed by atoms with van der Waals surface area (Å²) in [4.78, 5) is 26.1. The van der Waals surface area contributed by atoms with Crippen LogP contribution in [0.1, 0.15) is 23.7 Å². The number of cyclic esters (lactones) is 1. The number of amides is 1. The highest BCUT2D eigenvalue weighted by molar-refractivity contribution is 5.98. The van der Waals surface area contributed by atoms with Gasteiger partial charge in [0.25, 0.3) is 0 Å². The molecule has 1 aromatic heterocycles. The number of hydrogen-bond acceptors (Lipinski definition) is 6. The Labute approximate surface area is 204 Å². The second-order valence-electron chi connectivity index (χ2n) is 8.15. The molecule has 4 rings (SSSR count). The number of hydrogen-bond donors (Lipinski definition) is 2. The Balaban J connectivity index is 1.72. The predicted octanol–water partition coefficient (Wildman–Crippen LogP) is 5.01. The molecular weight excluding hydrogens is 475 g/mol. The van der Waals surface area contributed by atoms with Crippen molar-refractivity contribution in [2.75, 3.05) is 23.4 Å². The van der Waals surface area contributed by atoms with Crippen molar-refractivity contribution in [3.05, 3.63) is 87.8 Å². The highest BCUT2D eigenvalue weighted by atomic mass is 19.4. The molecule has 0 unspecified atom stereocenters. The Morgan fingerprint density at radius 3 is 2.58 bits per heavy atom. The minimum Gasteiger partial charge on any atom is -0.447 e. The second-order valence-corrected chi connectivity index (χ2v) is 8.15. The number of rotatable bonds is 6.